The maximum atomic E-state index is 4.01. The summed E-state index contributed by atoms with van der Waals surface area (Å²) in [5.41, 5.74) is 19.1. The van der Waals surface area contributed by atoms with Crippen LogP contribution in [0.25, 0.3) is 55.3 Å². The summed E-state index contributed by atoms with van der Waals surface area (Å²) in [5.74, 6) is 0. The molecule has 3 aliphatic rings. The van der Waals surface area contributed by atoms with E-state index in [4.69, 9.17) is 0 Å². The quantitative estimate of drug-likeness (QED) is 0.185. The van der Waals surface area contributed by atoms with E-state index in [1.807, 2.05) is 0 Å². The molecule has 3 heteroatoms. The van der Waals surface area contributed by atoms with Gasteiger partial charge in [0.2, 0.25) is 0 Å². The first-order valence-electron chi connectivity index (χ1n) is 19.8. The topological polar surface area (TPSA) is 29.0 Å². The number of nitrogens with zero attached hydrogens (tertiary/aromatic N) is 1. The number of nitrogens with one attached hydrogen (secondary N) is 2. The monoisotopic (exact) mass is 727 g/mol. The molecule has 1 unspecified atom stereocenters. The highest BCUT2D eigenvalue weighted by Gasteiger charge is 2.51. The van der Waals surface area contributed by atoms with E-state index in [1.54, 1.807) is 0 Å². The van der Waals surface area contributed by atoms with Crippen LogP contribution in [0.4, 0.5) is 11.4 Å². The minimum absolute atomic E-state index is 0.0968. The number of benzene rings is 8. The molecule has 0 bridgehead atoms. The van der Waals surface area contributed by atoms with Gasteiger partial charge in [-0.05, 0) is 110 Å². The van der Waals surface area contributed by atoms with Gasteiger partial charge in [-0.1, -0.05) is 152 Å². The van der Waals surface area contributed by atoms with Gasteiger partial charge in [-0.3, -0.25) is 0 Å². The number of allylic oxidation sites excluding steroid dienone is 2. The summed E-state index contributed by atoms with van der Waals surface area (Å²) in [6.07, 6.45) is 6.63. The fourth-order valence-corrected chi connectivity index (χ4v) is 10.1. The van der Waals surface area contributed by atoms with Gasteiger partial charge < -0.3 is 15.2 Å². The summed E-state index contributed by atoms with van der Waals surface area (Å²) < 4.78 is 2.54. The lowest BCUT2D eigenvalue weighted by atomic mass is 9.65. The Morgan fingerprint density at radius 3 is 1.96 bits per heavy atom. The van der Waals surface area contributed by atoms with E-state index < -0.39 is 5.41 Å². The first kappa shape index (κ1) is 31.9. The zero-order valence-electron chi connectivity index (χ0n) is 31.2. The van der Waals surface area contributed by atoms with Gasteiger partial charge in [-0.15, -0.1) is 0 Å². The van der Waals surface area contributed by atoms with Crippen molar-refractivity contribution in [3.8, 4) is 27.9 Å². The zero-order valence-corrected chi connectivity index (χ0v) is 31.2. The molecule has 12 rings (SSSR count). The second kappa shape index (κ2) is 12.3. The molecule has 1 aliphatic carbocycles. The van der Waals surface area contributed by atoms with Crippen LogP contribution in [-0.2, 0) is 5.41 Å². The largest absolute Gasteiger partial charge is 0.381 e. The van der Waals surface area contributed by atoms with Crippen molar-refractivity contribution in [2.75, 3.05) is 5.32 Å². The molecule has 0 saturated carbocycles. The smallest absolute Gasteiger partial charge is 0.0754 e. The third-order valence-corrected chi connectivity index (χ3v) is 12.4. The Morgan fingerprint density at radius 2 is 1.18 bits per heavy atom. The highest BCUT2D eigenvalue weighted by molar-refractivity contribution is 6.21. The van der Waals surface area contributed by atoms with Crippen molar-refractivity contribution in [3.63, 3.8) is 0 Å². The van der Waals surface area contributed by atoms with Gasteiger partial charge in [-0.25, -0.2) is 0 Å². The fraction of sp³-hybridized carbons (Fsp3) is 0.0370. The number of fused-ring (bicyclic) bond motifs is 12. The van der Waals surface area contributed by atoms with Crippen molar-refractivity contribution in [1.29, 1.82) is 0 Å². The number of hydrogen-bond acceptors (Lipinski definition) is 2. The van der Waals surface area contributed by atoms with Crippen molar-refractivity contribution in [2.24, 2.45) is 0 Å². The van der Waals surface area contributed by atoms with E-state index in [2.05, 4.69) is 222 Å². The Morgan fingerprint density at radius 1 is 0.526 bits per heavy atom. The van der Waals surface area contributed by atoms with Crippen LogP contribution >= 0.6 is 0 Å². The van der Waals surface area contributed by atoms with E-state index in [1.165, 1.54) is 88.7 Å². The second-order valence-electron chi connectivity index (χ2n) is 15.4. The molecule has 1 aromatic heterocycles. The van der Waals surface area contributed by atoms with Crippen LogP contribution in [0.1, 0.15) is 39.4 Å². The number of rotatable bonds is 5. The third kappa shape index (κ3) is 4.54. The minimum Gasteiger partial charge on any atom is -0.381 e. The predicted octanol–water partition coefficient (Wildman–Crippen LogP) is 13.1. The van der Waals surface area contributed by atoms with Gasteiger partial charge >= 0.3 is 0 Å². The van der Waals surface area contributed by atoms with Crippen LogP contribution in [0.15, 0.2) is 206 Å². The normalized spacial score (nSPS) is 15.5. The van der Waals surface area contributed by atoms with Crippen molar-refractivity contribution in [3.05, 3.63) is 240 Å². The molecule has 9 aromatic rings. The van der Waals surface area contributed by atoms with Crippen LogP contribution < -0.4 is 10.6 Å². The zero-order chi connectivity index (χ0) is 37.5. The average Bonchev–Trinajstić information content (AvgIpc) is 3.79. The van der Waals surface area contributed by atoms with Gasteiger partial charge in [-0.2, -0.15) is 0 Å². The average molecular weight is 728 g/mol. The summed E-state index contributed by atoms with van der Waals surface area (Å²) in [6.45, 7) is 0. The number of aromatic nitrogens is 1. The van der Waals surface area contributed by atoms with E-state index in [0.29, 0.717) is 0 Å². The summed E-state index contributed by atoms with van der Waals surface area (Å²) in [6, 6.07) is 69.3. The van der Waals surface area contributed by atoms with Gasteiger partial charge in [0.15, 0.2) is 0 Å². The molecule has 3 nitrogen and oxygen atoms in total. The van der Waals surface area contributed by atoms with E-state index in [0.717, 1.165) is 11.4 Å². The fourth-order valence-electron chi connectivity index (χ4n) is 10.1. The number of para-hydroxylation sites is 3. The molecule has 57 heavy (non-hydrogen) atoms. The molecule has 2 N–H and O–H groups in total. The van der Waals surface area contributed by atoms with Gasteiger partial charge in [0.05, 0.1) is 33.9 Å². The number of dihydropyridines is 1. The van der Waals surface area contributed by atoms with Crippen LogP contribution in [0.3, 0.4) is 0 Å². The van der Waals surface area contributed by atoms with Gasteiger partial charge in [0.1, 0.15) is 0 Å². The highest BCUT2D eigenvalue weighted by atomic mass is 15.0. The molecule has 0 amide bonds. The molecule has 8 aromatic carbocycles. The van der Waals surface area contributed by atoms with Crippen molar-refractivity contribution < 1.29 is 0 Å². The Hall–Kier alpha value is -7.36. The molecule has 0 radical (unpaired) electrons. The Labute approximate surface area is 331 Å². The molecule has 2 aliphatic heterocycles. The van der Waals surface area contributed by atoms with Crippen LogP contribution in [0.2, 0.25) is 0 Å². The maximum Gasteiger partial charge on any atom is 0.0754 e. The van der Waals surface area contributed by atoms with Gasteiger partial charge in [0.25, 0.3) is 0 Å². The molecule has 1 atom stereocenters. The lowest BCUT2D eigenvalue weighted by Gasteiger charge is -2.40. The third-order valence-electron chi connectivity index (χ3n) is 12.4. The molecule has 0 fully saturated rings. The van der Waals surface area contributed by atoms with Crippen molar-refractivity contribution in [2.45, 2.75) is 11.5 Å². The molecular weight excluding hydrogens is 691 g/mol. The maximum absolute atomic E-state index is 4.01. The van der Waals surface area contributed by atoms with Crippen LogP contribution in [0.5, 0.6) is 0 Å². The SMILES string of the molecule is C1=CC(c2cccc(-c3cc4c5c(c3Nc3ccccc3)c3ccccc3n5-c3ccccc3C43c4ccccc4-c4ccccc43)c2)=CC(c2ccccc2)N1. The van der Waals surface area contributed by atoms with Crippen molar-refractivity contribution >= 4 is 38.8 Å². The Balaban J connectivity index is 1.21. The van der Waals surface area contributed by atoms with Crippen molar-refractivity contribution in [1.82, 2.24) is 9.88 Å². The minimum atomic E-state index is -0.534. The molecule has 0 saturated heterocycles. The molecular formula is C54H37N3. The Bertz CT molecular complexity index is 3090. The molecule has 268 valence electrons. The first-order chi connectivity index (χ1) is 28.3. The van der Waals surface area contributed by atoms with E-state index in [9.17, 15) is 0 Å². The number of anilines is 2. The second-order valence-corrected chi connectivity index (χ2v) is 15.4. The molecule has 1 spiro atoms. The van der Waals surface area contributed by atoms with E-state index in [-0.39, 0.29) is 6.04 Å². The molecule has 3 heterocycles. The van der Waals surface area contributed by atoms with E-state index >= 15 is 0 Å². The van der Waals surface area contributed by atoms with Gasteiger partial charge in [0, 0.05) is 22.0 Å². The summed E-state index contributed by atoms with van der Waals surface area (Å²) >= 11 is 0. The first-order valence-corrected chi connectivity index (χ1v) is 19.8. The highest BCUT2D eigenvalue weighted by Crippen LogP contribution is 2.62. The summed E-state index contributed by atoms with van der Waals surface area (Å²) in [4.78, 5) is 0. The lowest BCUT2D eigenvalue weighted by molar-refractivity contribution is 0.749. The standard InChI is InChI=1S/C54H37N3/c1-3-16-35(17-4-1)48-33-37(30-31-55-48)36-18-15-19-38(32-36)43-34-47-53-51(52(43)56-39-20-5-2-6-21-39)42-24-9-13-28-49(42)57(53)50-29-14-12-27-46(50)54(47)44-25-10-7-22-40(44)41-23-8-11-26-45(41)54/h1-34,48,55-56H. The summed E-state index contributed by atoms with van der Waals surface area (Å²) in [5, 5.41) is 10.0. The summed E-state index contributed by atoms with van der Waals surface area (Å²) in [7, 11) is 0. The lowest BCUT2D eigenvalue weighted by Crippen LogP contribution is -2.33. The predicted molar refractivity (Wildman–Crippen MR) is 236 cm³/mol. The van der Waals surface area contributed by atoms with Crippen LogP contribution in [0, 0.1) is 0 Å². The number of hydrogen-bond donors (Lipinski definition) is 2. The Kier molecular flexibility index (Phi) is 6.91. The van der Waals surface area contributed by atoms with Crippen LogP contribution in [-0.4, -0.2) is 4.57 Å².